The predicted molar refractivity (Wildman–Crippen MR) is 389 cm³/mol. The Morgan fingerprint density at radius 2 is 1.32 bits per heavy atom. The van der Waals surface area contributed by atoms with Gasteiger partial charge in [0.05, 0.1) is 31.1 Å². The maximum absolute atomic E-state index is 15.8. The highest BCUT2D eigenvalue weighted by Gasteiger charge is 2.57. The first kappa shape index (κ1) is 86.5. The maximum atomic E-state index is 15.8. The molecule has 7 fully saturated rings. The Bertz CT molecular complexity index is 3250. The zero-order valence-corrected chi connectivity index (χ0v) is 65.9. The van der Waals surface area contributed by atoms with Crippen molar-refractivity contribution >= 4 is 70.9 Å². The summed E-state index contributed by atoms with van der Waals surface area (Å²) in [6.07, 6.45) is 0.445. The number of halogens is 5. The van der Waals surface area contributed by atoms with E-state index >= 15 is 33.6 Å². The SMILES string of the molecule is CCC[C@H]1C(=O)N[C@@H]([C@@H](C)CC)C(=O)N(C2CC2)CC(=O)N(C)[C@H]2C/C=C\CCN(C2=O)[C@@H](CC2CCC(F)(F)CC2)C(=O)N(C)CC(=O)N[C@@H](CCC2CCC(C(F)(F)F)C(OC)C2)C(=O)N2C[C@H](OCC)C[C@H]2C(=O)N(C)C2(CCC2)C(=O)N(C)[C@@H](C2CCCC2)C(=O)N(C)[C@H](C(=O)N(C)C)CC(=O)N1C. The van der Waals surface area contributed by atoms with E-state index in [0.29, 0.717) is 44.9 Å². The van der Waals surface area contributed by atoms with Gasteiger partial charge in [0.25, 0.3) is 0 Å². The summed E-state index contributed by atoms with van der Waals surface area (Å²) < 4.78 is 84.3. The number of rotatable bonds is 15. The molecule has 108 heavy (non-hydrogen) atoms. The third-order valence-electron chi connectivity index (χ3n) is 25.0. The van der Waals surface area contributed by atoms with Crippen LogP contribution < -0.4 is 10.6 Å². The van der Waals surface area contributed by atoms with Crippen molar-refractivity contribution in [1.29, 1.82) is 0 Å². The Morgan fingerprint density at radius 3 is 1.91 bits per heavy atom. The van der Waals surface area contributed by atoms with E-state index in [1.54, 1.807) is 26.0 Å². The summed E-state index contributed by atoms with van der Waals surface area (Å²) in [5, 5.41) is 5.78. The quantitative estimate of drug-likeness (QED) is 0.137. The number of nitrogens with zero attached hydrogens (tertiary/aromatic N) is 10. The number of fused-ring (bicyclic) bond motifs is 3. The molecule has 2 saturated heterocycles. The van der Waals surface area contributed by atoms with Gasteiger partial charge in [-0.2, -0.15) is 13.2 Å². The number of hydrogen-bond donors (Lipinski definition) is 2. The molecule has 2 N–H and O–H groups in total. The number of amides is 12. The van der Waals surface area contributed by atoms with Gasteiger partial charge in [-0.05, 0) is 146 Å². The molecule has 2 bridgehead atoms. The highest BCUT2D eigenvalue weighted by atomic mass is 19.4. The predicted octanol–water partition coefficient (Wildman–Crippen LogP) is 6.17. The number of hydrogen-bond acceptors (Lipinski definition) is 14. The first-order chi connectivity index (χ1) is 50.9. The van der Waals surface area contributed by atoms with Crippen molar-refractivity contribution in [2.75, 3.05) is 96.3 Å². The molecule has 0 aromatic carbocycles. The molecule has 8 rings (SSSR count). The van der Waals surface area contributed by atoms with E-state index in [9.17, 15) is 45.9 Å². The molecule has 3 heterocycles. The molecule has 5 saturated carbocycles. The van der Waals surface area contributed by atoms with E-state index in [0.717, 1.165) is 17.7 Å². The average Bonchev–Trinajstić information content (AvgIpc) is 1.07. The maximum Gasteiger partial charge on any atom is 0.394 e. The number of carbonyl (C=O) groups excluding carboxylic acids is 12. The molecular weight excluding hydrogens is 1410 g/mol. The molecular formula is C77H121F5N12O14. The summed E-state index contributed by atoms with van der Waals surface area (Å²) >= 11 is 0. The lowest BCUT2D eigenvalue weighted by Crippen LogP contribution is -2.68. The first-order valence-corrected chi connectivity index (χ1v) is 39.5. The summed E-state index contributed by atoms with van der Waals surface area (Å²) in [5.41, 5.74) is -1.57. The van der Waals surface area contributed by atoms with E-state index in [-0.39, 0.29) is 110 Å². The number of carbonyl (C=O) groups is 12. The Balaban J connectivity index is 1.21. The van der Waals surface area contributed by atoms with Gasteiger partial charge >= 0.3 is 6.18 Å². The Kier molecular flexibility index (Phi) is 29.9. The zero-order chi connectivity index (χ0) is 79.6. The van der Waals surface area contributed by atoms with E-state index in [4.69, 9.17) is 9.47 Å². The lowest BCUT2D eigenvalue weighted by Gasteiger charge is -2.51. The Labute approximate surface area is 633 Å². The van der Waals surface area contributed by atoms with E-state index in [1.807, 2.05) is 13.8 Å². The fraction of sp³-hybridized carbons (Fsp3) is 0.818. The topological polar surface area (TPSA) is 280 Å². The number of alkyl halides is 5. The summed E-state index contributed by atoms with van der Waals surface area (Å²) in [5.74, 6) is -14.8. The third-order valence-corrected chi connectivity index (χ3v) is 25.0. The largest absolute Gasteiger partial charge is 0.394 e. The molecule has 0 aromatic rings. The molecule has 608 valence electrons. The van der Waals surface area contributed by atoms with Crippen LogP contribution in [0.1, 0.15) is 195 Å². The van der Waals surface area contributed by atoms with Crippen molar-refractivity contribution in [3.8, 4) is 0 Å². The molecule has 26 nitrogen and oxygen atoms in total. The fourth-order valence-electron chi connectivity index (χ4n) is 17.7. The van der Waals surface area contributed by atoms with Crippen LogP contribution in [0.2, 0.25) is 0 Å². The summed E-state index contributed by atoms with van der Waals surface area (Å²) in [6.45, 7) is 5.81. The van der Waals surface area contributed by atoms with Gasteiger partial charge in [0, 0.05) is 108 Å². The minimum atomic E-state index is -4.55. The van der Waals surface area contributed by atoms with Crippen LogP contribution in [-0.2, 0) is 67.0 Å². The van der Waals surface area contributed by atoms with Crippen molar-refractivity contribution in [2.24, 2.45) is 29.6 Å². The van der Waals surface area contributed by atoms with Gasteiger partial charge in [-0.25, -0.2) is 8.78 Å². The van der Waals surface area contributed by atoms with Gasteiger partial charge in [-0.1, -0.05) is 58.6 Å². The lowest BCUT2D eigenvalue weighted by molar-refractivity contribution is -0.215. The molecule has 0 radical (unpaired) electrons. The molecule has 0 aromatic heterocycles. The summed E-state index contributed by atoms with van der Waals surface area (Å²) in [6, 6.07) is -11.0. The molecule has 5 aliphatic carbocycles. The molecule has 8 aliphatic rings. The molecule has 3 unspecified atom stereocenters. The van der Waals surface area contributed by atoms with Crippen molar-refractivity contribution in [3.63, 3.8) is 0 Å². The third kappa shape index (κ3) is 20.2. The van der Waals surface area contributed by atoms with Gasteiger partial charge in [0.1, 0.15) is 60.4 Å². The molecule has 13 atom stereocenters. The number of nitrogens with one attached hydrogen (secondary N) is 2. The standard InChI is InChI=1S/C77H121F5N12O14/c1-14-23-55-66(98)84-64(47(4)15-2)72(104)93(51-29-30-51)46-63(97)88(9)56-26-18-17-21-39-92(71(56)103)58(40-49-33-37-76(78,79)38-34-49)69(101)86(7)45-61(95)83-54(32-28-48-27-31-53(77(80,81)82)60(41-48)107-13)67(99)94-44-52(108-16-3)42-59(94)70(102)91(12)75(35-22-36-75)74(106)90(11)65(50-24-19-20-25-50)73(105)89(10)57(68(100)85(5)6)43-62(96)87(55)8/h17-18,47-60,64-65H,14-16,19-46H2,1-13H3,(H,83,95)(H,84,98)/b18-17-/t47-,48?,52+,53?,54-,55-,56-,57-,58-,59-,60?,64-,65-/m0/s1. The second kappa shape index (κ2) is 37.3. The average molecular weight is 1530 g/mol. The molecule has 12 amide bonds. The van der Waals surface area contributed by atoms with Crippen LogP contribution >= 0.6 is 0 Å². The van der Waals surface area contributed by atoms with E-state index < -0.39 is 217 Å². The van der Waals surface area contributed by atoms with Crippen molar-refractivity contribution in [3.05, 3.63) is 12.2 Å². The number of methoxy groups -OCH3 is 1. The molecule has 31 heteroatoms. The monoisotopic (exact) mass is 1530 g/mol. The van der Waals surface area contributed by atoms with Crippen LogP contribution in [0.15, 0.2) is 12.2 Å². The van der Waals surface area contributed by atoms with Crippen LogP contribution in [0.5, 0.6) is 0 Å². The Morgan fingerprint density at radius 1 is 0.657 bits per heavy atom. The lowest BCUT2D eigenvalue weighted by atomic mass is 9.73. The van der Waals surface area contributed by atoms with Crippen molar-refractivity contribution in [2.45, 2.75) is 279 Å². The van der Waals surface area contributed by atoms with E-state index in [2.05, 4.69) is 10.6 Å². The number of ether oxygens (including phenoxy) is 2. The van der Waals surface area contributed by atoms with Gasteiger partial charge in [0.2, 0.25) is 76.8 Å². The van der Waals surface area contributed by atoms with Crippen LogP contribution in [0.4, 0.5) is 22.0 Å². The first-order valence-electron chi connectivity index (χ1n) is 39.5. The summed E-state index contributed by atoms with van der Waals surface area (Å²) in [4.78, 5) is 196. The fourth-order valence-corrected chi connectivity index (χ4v) is 17.7. The van der Waals surface area contributed by atoms with E-state index in [1.165, 1.54) is 108 Å². The molecule has 3 aliphatic heterocycles. The summed E-state index contributed by atoms with van der Waals surface area (Å²) in [7, 11) is 12.6. The zero-order valence-electron chi connectivity index (χ0n) is 65.9. The van der Waals surface area contributed by atoms with Gasteiger partial charge < -0.3 is 69.1 Å². The van der Waals surface area contributed by atoms with Crippen molar-refractivity contribution in [1.82, 2.24) is 59.6 Å². The highest BCUT2D eigenvalue weighted by molar-refractivity contribution is 6.01. The second-order valence-electron chi connectivity index (χ2n) is 32.4. The smallest absolute Gasteiger partial charge is 0.381 e. The van der Waals surface area contributed by atoms with Crippen LogP contribution in [-0.4, -0.2) is 300 Å². The van der Waals surface area contributed by atoms with Crippen molar-refractivity contribution < 1.29 is 89.0 Å². The van der Waals surface area contributed by atoms with Crippen LogP contribution in [0.3, 0.4) is 0 Å². The minimum Gasteiger partial charge on any atom is -0.381 e. The van der Waals surface area contributed by atoms with Gasteiger partial charge in [-0.3, -0.25) is 57.5 Å². The number of likely N-dealkylation sites (N-methyl/N-ethyl adjacent to an activating group) is 7. The van der Waals surface area contributed by atoms with Gasteiger partial charge in [-0.15, -0.1) is 0 Å². The second-order valence-corrected chi connectivity index (χ2v) is 32.4. The van der Waals surface area contributed by atoms with Gasteiger partial charge in [0.15, 0.2) is 0 Å². The highest BCUT2D eigenvalue weighted by Crippen LogP contribution is 2.45. The minimum absolute atomic E-state index is 0.00233. The van der Waals surface area contributed by atoms with Crippen LogP contribution in [0, 0.1) is 29.6 Å². The van der Waals surface area contributed by atoms with Crippen LogP contribution in [0.25, 0.3) is 0 Å². The Hall–Kier alpha value is -7.05. The normalized spacial score (nSPS) is 31.2. The molecule has 1 spiro atoms.